The van der Waals surface area contributed by atoms with Crippen LogP contribution in [0.15, 0.2) is 64.6 Å². The Kier molecular flexibility index (Phi) is 6.30. The van der Waals surface area contributed by atoms with Crippen LogP contribution >= 0.6 is 0 Å². The maximum Gasteiger partial charge on any atom is 0.284 e. The van der Waals surface area contributed by atoms with E-state index in [-0.39, 0.29) is 24.1 Å². The molecule has 1 unspecified atom stereocenters. The van der Waals surface area contributed by atoms with E-state index in [1.165, 1.54) is 4.68 Å². The van der Waals surface area contributed by atoms with Crippen LogP contribution in [-0.2, 0) is 11.8 Å². The van der Waals surface area contributed by atoms with E-state index in [2.05, 4.69) is 20.4 Å². The number of rotatable bonds is 7. The zero-order valence-electron chi connectivity index (χ0n) is 20.5. The molecule has 190 valence electrons. The molecular weight excluding hydrogens is 474 g/mol. The van der Waals surface area contributed by atoms with Gasteiger partial charge < -0.3 is 16.0 Å². The number of aromatic nitrogens is 5. The van der Waals surface area contributed by atoms with Gasteiger partial charge in [-0.3, -0.25) is 24.1 Å². The molecule has 12 heteroatoms. The van der Waals surface area contributed by atoms with E-state index in [9.17, 15) is 14.4 Å². The summed E-state index contributed by atoms with van der Waals surface area (Å²) in [7, 11) is 1.75. The Morgan fingerprint density at radius 3 is 2.73 bits per heavy atom. The summed E-state index contributed by atoms with van der Waals surface area (Å²) in [5.41, 5.74) is 6.86. The normalized spacial score (nSPS) is 17.6. The minimum absolute atomic E-state index is 0.0792. The lowest BCUT2D eigenvalue weighted by molar-refractivity contribution is -0.116. The van der Waals surface area contributed by atoms with Crippen molar-refractivity contribution in [2.75, 3.05) is 24.5 Å². The smallest absolute Gasteiger partial charge is 0.284 e. The molecule has 0 saturated carbocycles. The minimum Gasteiger partial charge on any atom is -0.368 e. The van der Waals surface area contributed by atoms with Crippen molar-refractivity contribution in [1.82, 2.24) is 29.3 Å². The molecule has 0 radical (unpaired) electrons. The van der Waals surface area contributed by atoms with Gasteiger partial charge in [-0.2, -0.15) is 0 Å². The molecule has 4 heterocycles. The SMILES string of the molecule is Cc1c(C(=O)N[C@@H]2CN(c3ccc4nccn4n3)CC2C=NCC(N)=O)c(=O)n(-c2ccccc2)n1C. The number of carbonyl (C=O) groups is 2. The van der Waals surface area contributed by atoms with Gasteiger partial charge in [0.1, 0.15) is 17.9 Å². The molecule has 0 aliphatic carbocycles. The number of anilines is 1. The number of hydrogen-bond acceptors (Lipinski definition) is 7. The Balaban J connectivity index is 1.42. The molecule has 1 fully saturated rings. The van der Waals surface area contributed by atoms with Gasteiger partial charge in [-0.1, -0.05) is 18.2 Å². The summed E-state index contributed by atoms with van der Waals surface area (Å²) in [6.45, 7) is 2.54. The molecule has 37 heavy (non-hydrogen) atoms. The number of imidazole rings is 1. The molecule has 0 bridgehead atoms. The van der Waals surface area contributed by atoms with E-state index in [0.29, 0.717) is 30.3 Å². The van der Waals surface area contributed by atoms with Gasteiger partial charge in [-0.15, -0.1) is 5.10 Å². The van der Waals surface area contributed by atoms with Gasteiger partial charge in [0.25, 0.3) is 11.5 Å². The molecule has 1 aromatic carbocycles. The maximum absolute atomic E-state index is 13.4. The molecule has 2 atom stereocenters. The van der Waals surface area contributed by atoms with E-state index in [1.807, 2.05) is 47.4 Å². The lowest BCUT2D eigenvalue weighted by Gasteiger charge is -2.18. The van der Waals surface area contributed by atoms with Crippen molar-refractivity contribution in [2.45, 2.75) is 13.0 Å². The summed E-state index contributed by atoms with van der Waals surface area (Å²) in [6.07, 6.45) is 5.07. The first-order valence-corrected chi connectivity index (χ1v) is 11.8. The predicted octanol–water partition coefficient (Wildman–Crippen LogP) is 0.318. The third-order valence-corrected chi connectivity index (χ3v) is 6.57. The average Bonchev–Trinajstić information content (AvgIpc) is 3.56. The van der Waals surface area contributed by atoms with E-state index in [4.69, 9.17) is 5.73 Å². The summed E-state index contributed by atoms with van der Waals surface area (Å²) in [5.74, 6) is -0.534. The van der Waals surface area contributed by atoms with Crippen LogP contribution in [0.3, 0.4) is 0 Å². The number of amides is 2. The first-order valence-electron chi connectivity index (χ1n) is 11.8. The summed E-state index contributed by atoms with van der Waals surface area (Å²) < 4.78 is 4.82. The van der Waals surface area contributed by atoms with Gasteiger partial charge in [0.15, 0.2) is 5.65 Å². The zero-order valence-corrected chi connectivity index (χ0v) is 20.5. The summed E-state index contributed by atoms with van der Waals surface area (Å²) in [6, 6.07) is 12.5. The Morgan fingerprint density at radius 2 is 1.97 bits per heavy atom. The van der Waals surface area contributed by atoms with Crippen LogP contribution < -0.4 is 21.5 Å². The fraction of sp³-hybridized carbons (Fsp3) is 0.280. The lowest BCUT2D eigenvalue weighted by Crippen LogP contribution is -2.43. The molecule has 1 saturated heterocycles. The molecule has 1 aliphatic rings. The topological polar surface area (TPSA) is 145 Å². The number of nitrogens with two attached hydrogens (primary N) is 1. The van der Waals surface area contributed by atoms with Gasteiger partial charge in [0.05, 0.1) is 17.4 Å². The highest BCUT2D eigenvalue weighted by atomic mass is 16.2. The first kappa shape index (κ1) is 24.0. The van der Waals surface area contributed by atoms with Crippen molar-refractivity contribution in [3.05, 3.63) is 76.5 Å². The van der Waals surface area contributed by atoms with Crippen molar-refractivity contribution in [3.63, 3.8) is 0 Å². The highest BCUT2D eigenvalue weighted by Crippen LogP contribution is 2.23. The van der Waals surface area contributed by atoms with Gasteiger partial charge >= 0.3 is 0 Å². The standard InChI is InChI=1S/C25H27N9O3/c1-16-23(25(37)34(31(16)2)18-6-4-3-5-7-18)24(36)29-19-15-32(14-17(19)12-27-13-20(26)35)22-9-8-21-28-10-11-33(21)30-22/h3-12,17,19H,13-15H2,1-2H3,(H2,26,35)(H,29,36)/t17?,19-/m1/s1. The van der Waals surface area contributed by atoms with Crippen molar-refractivity contribution < 1.29 is 9.59 Å². The largest absolute Gasteiger partial charge is 0.368 e. The van der Waals surface area contributed by atoms with Crippen LogP contribution in [0, 0.1) is 12.8 Å². The van der Waals surface area contributed by atoms with Crippen LogP contribution in [0.5, 0.6) is 0 Å². The quantitative estimate of drug-likeness (QED) is 0.349. The van der Waals surface area contributed by atoms with E-state index in [1.54, 1.807) is 41.8 Å². The Labute approximate surface area is 212 Å². The fourth-order valence-electron chi connectivity index (χ4n) is 4.64. The first-order chi connectivity index (χ1) is 17.8. The van der Waals surface area contributed by atoms with E-state index in [0.717, 1.165) is 5.65 Å². The third kappa shape index (κ3) is 4.60. The average molecular weight is 502 g/mol. The molecule has 3 aromatic heterocycles. The molecule has 12 nitrogen and oxygen atoms in total. The molecule has 5 rings (SSSR count). The van der Waals surface area contributed by atoms with Gasteiger partial charge in [0, 0.05) is 44.7 Å². The van der Waals surface area contributed by atoms with Crippen LogP contribution in [0.1, 0.15) is 16.1 Å². The van der Waals surface area contributed by atoms with E-state index < -0.39 is 17.4 Å². The Hall–Kier alpha value is -4.74. The number of nitrogens with zero attached hydrogens (tertiary/aromatic N) is 7. The molecule has 1 aliphatic heterocycles. The zero-order chi connectivity index (χ0) is 26.1. The minimum atomic E-state index is -0.541. The summed E-state index contributed by atoms with van der Waals surface area (Å²) in [5, 5.41) is 7.63. The fourth-order valence-corrected chi connectivity index (χ4v) is 4.64. The van der Waals surface area contributed by atoms with Gasteiger partial charge in [-0.25, -0.2) is 14.2 Å². The number of carbonyl (C=O) groups excluding carboxylic acids is 2. The van der Waals surface area contributed by atoms with Crippen LogP contribution in [0.4, 0.5) is 5.82 Å². The molecule has 3 N–H and O–H groups in total. The predicted molar refractivity (Wildman–Crippen MR) is 138 cm³/mol. The maximum atomic E-state index is 13.4. The highest BCUT2D eigenvalue weighted by Gasteiger charge is 2.35. The second-order valence-corrected chi connectivity index (χ2v) is 8.96. The number of para-hydroxylation sites is 1. The summed E-state index contributed by atoms with van der Waals surface area (Å²) in [4.78, 5) is 48.4. The second kappa shape index (κ2) is 9.72. The lowest BCUT2D eigenvalue weighted by atomic mass is 10.0. The van der Waals surface area contributed by atoms with Crippen molar-refractivity contribution in [1.29, 1.82) is 0 Å². The third-order valence-electron chi connectivity index (χ3n) is 6.57. The number of nitrogens with one attached hydrogen (secondary N) is 1. The number of fused-ring (bicyclic) bond motifs is 1. The molecule has 2 amide bonds. The summed E-state index contributed by atoms with van der Waals surface area (Å²) >= 11 is 0. The Morgan fingerprint density at radius 1 is 1.19 bits per heavy atom. The van der Waals surface area contributed by atoms with E-state index >= 15 is 0 Å². The van der Waals surface area contributed by atoms with Crippen LogP contribution in [-0.4, -0.2) is 67.7 Å². The number of hydrogen-bond donors (Lipinski definition) is 2. The van der Waals surface area contributed by atoms with Crippen molar-refractivity contribution in [3.8, 4) is 5.69 Å². The van der Waals surface area contributed by atoms with Crippen LogP contribution in [0.2, 0.25) is 0 Å². The second-order valence-electron chi connectivity index (χ2n) is 8.96. The number of aliphatic imine (C=N–C) groups is 1. The number of primary amides is 1. The van der Waals surface area contributed by atoms with Gasteiger partial charge in [-0.05, 0) is 31.2 Å². The molecule has 0 spiro atoms. The Bertz CT molecular complexity index is 1550. The van der Waals surface area contributed by atoms with Crippen molar-refractivity contribution >= 4 is 29.5 Å². The van der Waals surface area contributed by atoms with Crippen LogP contribution in [0.25, 0.3) is 11.3 Å². The van der Waals surface area contributed by atoms with Gasteiger partial charge in [0.2, 0.25) is 5.91 Å². The monoisotopic (exact) mass is 501 g/mol. The molecule has 4 aromatic rings. The molecular formula is C25H27N9O3. The highest BCUT2D eigenvalue weighted by molar-refractivity contribution is 5.95. The van der Waals surface area contributed by atoms with Crippen molar-refractivity contribution in [2.24, 2.45) is 23.7 Å². The number of benzene rings is 1.